The van der Waals surface area contributed by atoms with Crippen LogP contribution in [-0.4, -0.2) is 17.0 Å². The molecule has 0 bridgehead atoms. The Morgan fingerprint density at radius 2 is 1.82 bits per heavy atom. The Hall–Kier alpha value is -1.84. The minimum atomic E-state index is -0.981. The number of carboxylic acid groups (broad SMARTS) is 1. The lowest BCUT2D eigenvalue weighted by Crippen LogP contribution is -2.34. The van der Waals surface area contributed by atoms with Crippen molar-refractivity contribution in [3.05, 3.63) is 35.4 Å². The number of rotatable bonds is 3. The average molecular weight is 235 g/mol. The molecule has 0 radical (unpaired) electrons. The van der Waals surface area contributed by atoms with Crippen LogP contribution in [-0.2, 0) is 11.3 Å². The highest BCUT2D eigenvalue weighted by Crippen LogP contribution is 2.14. The Morgan fingerprint density at radius 3 is 2.35 bits per heavy atom. The van der Waals surface area contributed by atoms with Gasteiger partial charge < -0.3 is 10.4 Å². The Kier molecular flexibility index (Phi) is 3.89. The summed E-state index contributed by atoms with van der Waals surface area (Å²) in [7, 11) is 0. The largest absolute Gasteiger partial charge is 0.478 e. The predicted octanol–water partition coefficient (Wildman–Crippen LogP) is 2.05. The molecule has 0 aliphatic rings. The van der Waals surface area contributed by atoms with Crippen LogP contribution < -0.4 is 5.32 Å². The molecule has 0 aromatic heterocycles. The second-order valence-corrected chi connectivity index (χ2v) is 4.89. The SMILES string of the molecule is CC(C)(C)C(=O)NCc1ccccc1C(=O)O. The number of nitrogens with one attached hydrogen (secondary N) is 1. The van der Waals surface area contributed by atoms with Crippen LogP contribution in [0.1, 0.15) is 36.7 Å². The van der Waals surface area contributed by atoms with E-state index in [1.807, 2.05) is 20.8 Å². The molecule has 1 aromatic carbocycles. The van der Waals surface area contributed by atoms with Gasteiger partial charge in [0.05, 0.1) is 5.56 Å². The van der Waals surface area contributed by atoms with Gasteiger partial charge in [-0.15, -0.1) is 0 Å². The molecule has 0 heterocycles. The van der Waals surface area contributed by atoms with E-state index in [1.165, 1.54) is 6.07 Å². The van der Waals surface area contributed by atoms with Crippen LogP contribution in [0.5, 0.6) is 0 Å². The van der Waals surface area contributed by atoms with Crippen LogP contribution in [0.4, 0.5) is 0 Å². The highest BCUT2D eigenvalue weighted by Gasteiger charge is 2.21. The van der Waals surface area contributed by atoms with Crippen molar-refractivity contribution in [3.8, 4) is 0 Å². The van der Waals surface area contributed by atoms with E-state index in [0.717, 1.165) is 0 Å². The summed E-state index contributed by atoms with van der Waals surface area (Å²) < 4.78 is 0. The van der Waals surface area contributed by atoms with Crippen molar-refractivity contribution >= 4 is 11.9 Å². The summed E-state index contributed by atoms with van der Waals surface area (Å²) in [5, 5.41) is 11.7. The van der Waals surface area contributed by atoms with Crippen molar-refractivity contribution in [2.75, 3.05) is 0 Å². The van der Waals surface area contributed by atoms with E-state index in [1.54, 1.807) is 18.2 Å². The molecule has 1 amide bonds. The van der Waals surface area contributed by atoms with Gasteiger partial charge in [0, 0.05) is 12.0 Å². The highest BCUT2D eigenvalue weighted by molar-refractivity contribution is 5.89. The topological polar surface area (TPSA) is 66.4 Å². The molecule has 92 valence electrons. The molecule has 1 aromatic rings. The van der Waals surface area contributed by atoms with Gasteiger partial charge in [-0.2, -0.15) is 0 Å². The van der Waals surface area contributed by atoms with Crippen molar-refractivity contribution in [1.82, 2.24) is 5.32 Å². The van der Waals surface area contributed by atoms with Gasteiger partial charge in [-0.3, -0.25) is 4.79 Å². The molecule has 4 nitrogen and oxygen atoms in total. The van der Waals surface area contributed by atoms with Gasteiger partial charge in [0.25, 0.3) is 0 Å². The van der Waals surface area contributed by atoms with E-state index >= 15 is 0 Å². The second kappa shape index (κ2) is 4.99. The molecule has 0 saturated carbocycles. The Labute approximate surface area is 101 Å². The van der Waals surface area contributed by atoms with E-state index < -0.39 is 11.4 Å². The number of carbonyl (C=O) groups excluding carboxylic acids is 1. The summed E-state index contributed by atoms with van der Waals surface area (Å²) >= 11 is 0. The Balaban J connectivity index is 2.77. The fourth-order valence-corrected chi connectivity index (χ4v) is 1.32. The Bertz CT molecular complexity index is 433. The van der Waals surface area contributed by atoms with Crippen LogP contribution in [0.15, 0.2) is 24.3 Å². The molecule has 17 heavy (non-hydrogen) atoms. The van der Waals surface area contributed by atoms with Crippen LogP contribution in [0.3, 0.4) is 0 Å². The number of aromatic carboxylic acids is 1. The van der Waals surface area contributed by atoms with E-state index in [2.05, 4.69) is 5.32 Å². The smallest absolute Gasteiger partial charge is 0.336 e. The first kappa shape index (κ1) is 13.2. The van der Waals surface area contributed by atoms with Crippen LogP contribution in [0, 0.1) is 5.41 Å². The zero-order chi connectivity index (χ0) is 13.1. The van der Waals surface area contributed by atoms with Crippen molar-refractivity contribution < 1.29 is 14.7 Å². The fraction of sp³-hybridized carbons (Fsp3) is 0.385. The third kappa shape index (κ3) is 3.59. The normalized spacial score (nSPS) is 11.0. The summed E-state index contributed by atoms with van der Waals surface area (Å²) in [4.78, 5) is 22.6. The first-order valence-corrected chi connectivity index (χ1v) is 5.42. The van der Waals surface area contributed by atoms with Crippen LogP contribution >= 0.6 is 0 Å². The first-order chi connectivity index (χ1) is 7.82. The predicted molar refractivity (Wildman–Crippen MR) is 64.7 cm³/mol. The minimum Gasteiger partial charge on any atom is -0.478 e. The van der Waals surface area contributed by atoms with Crippen molar-refractivity contribution in [1.29, 1.82) is 0 Å². The number of carbonyl (C=O) groups is 2. The Morgan fingerprint density at radius 1 is 1.24 bits per heavy atom. The second-order valence-electron chi connectivity index (χ2n) is 4.89. The molecular formula is C13H17NO3. The maximum Gasteiger partial charge on any atom is 0.336 e. The van der Waals surface area contributed by atoms with Crippen molar-refractivity contribution in [2.45, 2.75) is 27.3 Å². The highest BCUT2D eigenvalue weighted by atomic mass is 16.4. The molecule has 0 unspecified atom stereocenters. The van der Waals surface area contributed by atoms with Gasteiger partial charge in [-0.05, 0) is 11.6 Å². The number of carboxylic acids is 1. The van der Waals surface area contributed by atoms with Crippen LogP contribution in [0.25, 0.3) is 0 Å². The number of hydrogen-bond acceptors (Lipinski definition) is 2. The molecule has 2 N–H and O–H groups in total. The molecule has 0 aliphatic carbocycles. The third-order valence-corrected chi connectivity index (χ3v) is 2.37. The van der Waals surface area contributed by atoms with Crippen molar-refractivity contribution in [3.63, 3.8) is 0 Å². The lowest BCUT2D eigenvalue weighted by Gasteiger charge is -2.18. The van der Waals surface area contributed by atoms with Crippen LogP contribution in [0.2, 0.25) is 0 Å². The summed E-state index contributed by atoms with van der Waals surface area (Å²) in [6.07, 6.45) is 0. The van der Waals surface area contributed by atoms with Crippen molar-refractivity contribution in [2.24, 2.45) is 5.41 Å². The molecule has 0 saturated heterocycles. The zero-order valence-corrected chi connectivity index (χ0v) is 10.3. The lowest BCUT2D eigenvalue weighted by atomic mass is 9.95. The van der Waals surface area contributed by atoms with E-state index in [-0.39, 0.29) is 18.0 Å². The number of hydrogen-bond donors (Lipinski definition) is 2. The molecule has 0 spiro atoms. The van der Waals surface area contributed by atoms with Gasteiger partial charge in [0.2, 0.25) is 5.91 Å². The summed E-state index contributed by atoms with van der Waals surface area (Å²) in [6.45, 7) is 5.67. The van der Waals surface area contributed by atoms with Gasteiger partial charge >= 0.3 is 5.97 Å². The van der Waals surface area contributed by atoms with Gasteiger partial charge in [-0.1, -0.05) is 39.0 Å². The van der Waals surface area contributed by atoms with E-state index in [9.17, 15) is 9.59 Å². The lowest BCUT2D eigenvalue weighted by molar-refractivity contribution is -0.128. The third-order valence-electron chi connectivity index (χ3n) is 2.37. The summed E-state index contributed by atoms with van der Waals surface area (Å²) in [5.74, 6) is -1.08. The molecule has 0 fully saturated rings. The summed E-state index contributed by atoms with van der Waals surface area (Å²) in [6, 6.07) is 6.65. The molecule has 0 aliphatic heterocycles. The van der Waals surface area contributed by atoms with E-state index in [0.29, 0.717) is 5.56 Å². The summed E-state index contributed by atoms with van der Waals surface area (Å²) in [5.41, 5.74) is 0.359. The first-order valence-electron chi connectivity index (χ1n) is 5.42. The zero-order valence-electron chi connectivity index (χ0n) is 10.3. The maximum absolute atomic E-state index is 11.7. The minimum absolute atomic E-state index is 0.0994. The maximum atomic E-state index is 11.7. The number of benzene rings is 1. The quantitative estimate of drug-likeness (QED) is 0.842. The molecule has 4 heteroatoms. The number of amides is 1. The standard InChI is InChI=1S/C13H17NO3/c1-13(2,3)12(17)14-8-9-6-4-5-7-10(9)11(15)16/h4-7H,8H2,1-3H3,(H,14,17)(H,15,16). The van der Waals surface area contributed by atoms with E-state index in [4.69, 9.17) is 5.11 Å². The fourth-order valence-electron chi connectivity index (χ4n) is 1.32. The molecular weight excluding hydrogens is 218 g/mol. The molecule has 0 atom stereocenters. The van der Waals surface area contributed by atoms with Gasteiger partial charge in [0.1, 0.15) is 0 Å². The van der Waals surface area contributed by atoms with Gasteiger partial charge in [-0.25, -0.2) is 4.79 Å². The van der Waals surface area contributed by atoms with Gasteiger partial charge in [0.15, 0.2) is 0 Å². The average Bonchev–Trinajstić information content (AvgIpc) is 2.24. The molecule has 1 rings (SSSR count). The monoisotopic (exact) mass is 235 g/mol.